The van der Waals surface area contributed by atoms with Crippen LogP contribution >= 0.6 is 0 Å². The zero-order chi connectivity index (χ0) is 16.2. The molecule has 1 aromatic carbocycles. The Morgan fingerprint density at radius 1 is 1.43 bits per heavy atom. The van der Waals surface area contributed by atoms with Gasteiger partial charge >= 0.3 is 0 Å². The summed E-state index contributed by atoms with van der Waals surface area (Å²) in [6.45, 7) is 0.761. The Balaban J connectivity index is 2.96. The molecule has 0 aliphatic rings. The Bertz CT molecular complexity index is 610. The lowest BCUT2D eigenvalue weighted by atomic mass is 10.3. The van der Waals surface area contributed by atoms with Gasteiger partial charge in [-0.1, -0.05) is 0 Å². The molecule has 1 rings (SSSR count). The molecule has 0 spiro atoms. The molecule has 0 amide bonds. The van der Waals surface area contributed by atoms with Crippen LogP contribution in [0.4, 0.5) is 15.8 Å². The lowest BCUT2D eigenvalue weighted by Gasteiger charge is -2.12. The van der Waals surface area contributed by atoms with E-state index in [0.29, 0.717) is 19.0 Å². The molecule has 3 N–H and O–H groups in total. The lowest BCUT2D eigenvalue weighted by molar-refractivity contribution is -0.385. The van der Waals surface area contributed by atoms with Crippen molar-refractivity contribution in [1.29, 1.82) is 0 Å². The molecule has 0 saturated heterocycles. The van der Waals surface area contributed by atoms with Crippen LogP contribution in [-0.4, -0.2) is 45.4 Å². The predicted octanol–water partition coefficient (Wildman–Crippen LogP) is 0.546. The number of nitrogens with two attached hydrogens (primary N) is 1. The van der Waals surface area contributed by atoms with Crippen LogP contribution in [0.5, 0.6) is 0 Å². The molecule has 8 nitrogen and oxygen atoms in total. The first-order valence-corrected chi connectivity index (χ1v) is 7.51. The molecule has 0 heterocycles. The molecule has 1 aromatic rings. The highest BCUT2D eigenvalue weighted by Crippen LogP contribution is 2.27. The molecule has 0 saturated carbocycles. The molecular formula is C11H17FN4O4S. The average molecular weight is 320 g/mol. The number of nitrogen functional groups attached to an aromatic ring is 1. The minimum absolute atomic E-state index is 0.108. The van der Waals surface area contributed by atoms with Crippen LogP contribution in [0.3, 0.4) is 0 Å². The van der Waals surface area contributed by atoms with Crippen LogP contribution in [0.25, 0.3) is 0 Å². The van der Waals surface area contributed by atoms with Gasteiger partial charge in [0.05, 0.1) is 16.7 Å². The standard InChI is InChI=1S/C11H17FN4O4S/c1-15(2)5-3-4-14-21(19,20)11-9(12)6-8(16(17)18)7-10(11)13/h6-7,14H,3-5,13H2,1-2H3. The number of non-ortho nitro benzene ring substituents is 1. The number of benzene rings is 1. The predicted molar refractivity (Wildman–Crippen MR) is 75.8 cm³/mol. The number of hydrogen-bond acceptors (Lipinski definition) is 6. The summed E-state index contributed by atoms with van der Waals surface area (Å²) >= 11 is 0. The van der Waals surface area contributed by atoms with E-state index in [-0.39, 0.29) is 6.54 Å². The van der Waals surface area contributed by atoms with Crippen LogP contribution in [0.2, 0.25) is 0 Å². The highest BCUT2D eigenvalue weighted by atomic mass is 32.2. The van der Waals surface area contributed by atoms with Gasteiger partial charge < -0.3 is 10.6 Å². The van der Waals surface area contributed by atoms with Gasteiger partial charge in [-0.3, -0.25) is 10.1 Å². The zero-order valence-electron chi connectivity index (χ0n) is 11.7. The zero-order valence-corrected chi connectivity index (χ0v) is 12.5. The van der Waals surface area contributed by atoms with Crippen molar-refractivity contribution in [1.82, 2.24) is 9.62 Å². The molecule has 0 fully saturated rings. The first-order chi connectivity index (χ1) is 9.65. The minimum atomic E-state index is -4.15. The summed E-state index contributed by atoms with van der Waals surface area (Å²) in [4.78, 5) is 10.8. The highest BCUT2D eigenvalue weighted by molar-refractivity contribution is 7.89. The van der Waals surface area contributed by atoms with Crippen molar-refractivity contribution >= 4 is 21.4 Å². The van der Waals surface area contributed by atoms with Crippen LogP contribution in [-0.2, 0) is 10.0 Å². The number of nitro benzene ring substituents is 1. The normalized spacial score (nSPS) is 11.8. The molecule has 0 atom stereocenters. The van der Waals surface area contributed by atoms with Crippen LogP contribution in [0.1, 0.15) is 6.42 Å². The van der Waals surface area contributed by atoms with Gasteiger partial charge in [-0.2, -0.15) is 0 Å². The van der Waals surface area contributed by atoms with E-state index in [1.165, 1.54) is 0 Å². The second-order valence-corrected chi connectivity index (χ2v) is 6.36. The van der Waals surface area contributed by atoms with Gasteiger partial charge in [0.1, 0.15) is 4.90 Å². The fourth-order valence-corrected chi connectivity index (χ4v) is 2.90. The summed E-state index contributed by atoms with van der Waals surface area (Å²) in [6.07, 6.45) is 0.529. The maximum atomic E-state index is 13.8. The quantitative estimate of drug-likeness (QED) is 0.328. The van der Waals surface area contributed by atoms with Gasteiger partial charge in [-0.25, -0.2) is 17.5 Å². The van der Waals surface area contributed by atoms with E-state index < -0.39 is 37.0 Å². The van der Waals surface area contributed by atoms with Gasteiger partial charge in [0.25, 0.3) is 5.69 Å². The second-order valence-electron chi connectivity index (χ2n) is 4.66. The van der Waals surface area contributed by atoms with Crippen molar-refractivity contribution in [2.45, 2.75) is 11.3 Å². The lowest BCUT2D eigenvalue weighted by Crippen LogP contribution is -2.28. The molecule has 10 heteroatoms. The fourth-order valence-electron chi connectivity index (χ4n) is 1.66. The maximum absolute atomic E-state index is 13.8. The smallest absolute Gasteiger partial charge is 0.274 e. The van der Waals surface area contributed by atoms with Crippen LogP contribution < -0.4 is 10.5 Å². The van der Waals surface area contributed by atoms with Crippen molar-refractivity contribution < 1.29 is 17.7 Å². The molecule has 0 aliphatic carbocycles. The number of nitrogens with one attached hydrogen (secondary N) is 1. The van der Waals surface area contributed by atoms with Crippen molar-refractivity contribution in [3.63, 3.8) is 0 Å². The molecule has 0 aliphatic heterocycles. The number of nitro groups is 1. The number of halogens is 1. The number of anilines is 1. The van der Waals surface area contributed by atoms with Crippen LogP contribution in [0, 0.1) is 15.9 Å². The molecule has 21 heavy (non-hydrogen) atoms. The Labute approximate surface area is 121 Å². The summed E-state index contributed by atoms with van der Waals surface area (Å²) in [7, 11) is -0.482. The Morgan fingerprint density at radius 3 is 2.52 bits per heavy atom. The fraction of sp³-hybridized carbons (Fsp3) is 0.455. The van der Waals surface area contributed by atoms with E-state index in [2.05, 4.69) is 4.72 Å². The first kappa shape index (κ1) is 17.3. The monoisotopic (exact) mass is 320 g/mol. The summed E-state index contributed by atoms with van der Waals surface area (Å²) in [6, 6.07) is 1.35. The van der Waals surface area contributed by atoms with Crippen molar-refractivity contribution in [3.8, 4) is 0 Å². The third-order valence-corrected chi connectivity index (χ3v) is 4.16. The third-order valence-electron chi connectivity index (χ3n) is 2.61. The van der Waals surface area contributed by atoms with Crippen molar-refractivity contribution in [2.75, 3.05) is 32.9 Å². The van der Waals surface area contributed by atoms with Gasteiger partial charge in [0.2, 0.25) is 10.0 Å². The van der Waals surface area contributed by atoms with E-state index in [1.54, 1.807) is 0 Å². The largest absolute Gasteiger partial charge is 0.397 e. The van der Waals surface area contributed by atoms with Gasteiger partial charge in [-0.15, -0.1) is 0 Å². The Kier molecular flexibility index (Phi) is 5.58. The van der Waals surface area contributed by atoms with Crippen molar-refractivity contribution in [3.05, 3.63) is 28.1 Å². The van der Waals surface area contributed by atoms with E-state index >= 15 is 0 Å². The molecule has 0 radical (unpaired) electrons. The topological polar surface area (TPSA) is 119 Å². The SMILES string of the molecule is CN(C)CCCNS(=O)(=O)c1c(N)cc([N+](=O)[O-])cc1F. The second kappa shape index (κ2) is 6.78. The van der Waals surface area contributed by atoms with E-state index in [1.807, 2.05) is 19.0 Å². The average Bonchev–Trinajstić information content (AvgIpc) is 2.33. The molecular weight excluding hydrogens is 303 g/mol. The van der Waals surface area contributed by atoms with E-state index in [4.69, 9.17) is 5.73 Å². The summed E-state index contributed by atoms with van der Waals surface area (Å²) in [5.41, 5.74) is 4.33. The summed E-state index contributed by atoms with van der Waals surface area (Å²) in [5, 5.41) is 10.6. The van der Waals surface area contributed by atoms with E-state index in [0.717, 1.165) is 6.07 Å². The van der Waals surface area contributed by atoms with Gasteiger partial charge in [0.15, 0.2) is 5.82 Å². The third kappa shape index (κ3) is 4.62. The number of nitrogens with zero attached hydrogens (tertiary/aromatic N) is 2. The Morgan fingerprint density at radius 2 is 2.05 bits per heavy atom. The first-order valence-electron chi connectivity index (χ1n) is 6.03. The summed E-state index contributed by atoms with van der Waals surface area (Å²) < 4.78 is 40.0. The number of hydrogen-bond donors (Lipinski definition) is 2. The maximum Gasteiger partial charge on any atom is 0.274 e. The van der Waals surface area contributed by atoms with E-state index in [9.17, 15) is 22.9 Å². The number of sulfonamides is 1. The van der Waals surface area contributed by atoms with Gasteiger partial charge in [-0.05, 0) is 27.1 Å². The molecule has 0 unspecified atom stereocenters. The summed E-state index contributed by atoms with van der Waals surface area (Å²) in [5.74, 6) is -1.25. The van der Waals surface area contributed by atoms with Gasteiger partial charge in [0, 0.05) is 12.6 Å². The molecule has 0 bridgehead atoms. The van der Waals surface area contributed by atoms with Crippen molar-refractivity contribution in [2.24, 2.45) is 0 Å². The molecule has 0 aromatic heterocycles. The highest BCUT2D eigenvalue weighted by Gasteiger charge is 2.25. The van der Waals surface area contributed by atoms with Crippen LogP contribution in [0.15, 0.2) is 17.0 Å². The molecule has 118 valence electrons. The number of rotatable bonds is 7. The minimum Gasteiger partial charge on any atom is -0.397 e. The Hall–Kier alpha value is -1.78.